The molecular weight excluding hydrogens is 419 g/mol. The van der Waals surface area contributed by atoms with E-state index < -0.39 is 0 Å². The zero-order chi connectivity index (χ0) is 21.1. The number of anilines is 1. The van der Waals surface area contributed by atoms with Gasteiger partial charge in [0.05, 0.1) is 18.2 Å². The van der Waals surface area contributed by atoms with Gasteiger partial charge >= 0.3 is 0 Å². The molecule has 30 heavy (non-hydrogen) atoms. The first kappa shape index (κ1) is 20.8. The molecule has 1 atom stereocenters. The Labute approximate surface area is 182 Å². The molecule has 1 aromatic carbocycles. The second-order valence-electron chi connectivity index (χ2n) is 7.43. The van der Waals surface area contributed by atoms with Gasteiger partial charge in [-0.15, -0.1) is 11.3 Å². The van der Waals surface area contributed by atoms with Crippen LogP contribution in [0.5, 0.6) is 0 Å². The molecule has 1 aliphatic rings. The van der Waals surface area contributed by atoms with Crippen molar-refractivity contribution in [2.45, 2.75) is 37.6 Å². The van der Waals surface area contributed by atoms with Crippen molar-refractivity contribution in [3.8, 4) is 6.07 Å². The predicted octanol–water partition coefficient (Wildman–Crippen LogP) is 4.99. The van der Waals surface area contributed by atoms with Crippen LogP contribution >= 0.6 is 23.1 Å². The number of aryl methyl sites for hydroxylation is 1. The minimum Gasteiger partial charge on any atom is -0.311 e. The third-order valence-electron chi connectivity index (χ3n) is 5.28. The fraction of sp³-hybridized carbons (Fsp3) is 0.364. The van der Waals surface area contributed by atoms with Crippen LogP contribution in [0.25, 0.3) is 10.2 Å². The van der Waals surface area contributed by atoms with Crippen molar-refractivity contribution in [2.24, 2.45) is 5.92 Å². The van der Waals surface area contributed by atoms with Gasteiger partial charge in [-0.25, -0.2) is 14.4 Å². The molecule has 0 spiro atoms. The number of aromatic nitrogens is 2. The lowest BCUT2D eigenvalue weighted by molar-refractivity contribution is -0.116. The monoisotopic (exact) mass is 440 g/mol. The van der Waals surface area contributed by atoms with Crippen molar-refractivity contribution in [3.63, 3.8) is 0 Å². The van der Waals surface area contributed by atoms with Crippen LogP contribution in [-0.2, 0) is 17.6 Å². The summed E-state index contributed by atoms with van der Waals surface area (Å²) in [6, 6.07) is 7.84. The van der Waals surface area contributed by atoms with Gasteiger partial charge in [0.15, 0.2) is 0 Å². The number of nitriles is 1. The molecule has 0 saturated carbocycles. The summed E-state index contributed by atoms with van der Waals surface area (Å²) in [4.78, 5) is 25.8. The highest BCUT2D eigenvalue weighted by Crippen LogP contribution is 2.40. The smallest absolute Gasteiger partial charge is 0.237 e. The van der Waals surface area contributed by atoms with Crippen LogP contribution in [0.4, 0.5) is 10.1 Å². The van der Waals surface area contributed by atoms with E-state index in [1.54, 1.807) is 34.7 Å². The fourth-order valence-corrected chi connectivity index (χ4v) is 6.06. The largest absolute Gasteiger partial charge is 0.311 e. The molecular formula is C22H21FN4OS2. The lowest BCUT2D eigenvalue weighted by Crippen LogP contribution is -2.33. The van der Waals surface area contributed by atoms with Crippen molar-refractivity contribution in [2.75, 3.05) is 17.2 Å². The minimum absolute atomic E-state index is 0.133. The van der Waals surface area contributed by atoms with E-state index in [9.17, 15) is 9.18 Å². The van der Waals surface area contributed by atoms with Gasteiger partial charge in [-0.1, -0.05) is 18.7 Å². The number of hydrogen-bond donors (Lipinski definition) is 0. The quantitative estimate of drug-likeness (QED) is 0.399. The molecule has 0 bridgehead atoms. The summed E-state index contributed by atoms with van der Waals surface area (Å²) in [5.41, 5.74) is 1.93. The average molecular weight is 441 g/mol. The Morgan fingerprint density at radius 3 is 2.93 bits per heavy atom. The number of thiophene rings is 1. The summed E-state index contributed by atoms with van der Waals surface area (Å²) >= 11 is 3.14. The van der Waals surface area contributed by atoms with Crippen molar-refractivity contribution >= 4 is 44.9 Å². The van der Waals surface area contributed by atoms with Crippen molar-refractivity contribution in [1.29, 1.82) is 5.26 Å². The summed E-state index contributed by atoms with van der Waals surface area (Å²) in [6.07, 6.45) is 5.03. The van der Waals surface area contributed by atoms with Crippen LogP contribution in [0, 0.1) is 23.1 Å². The Bertz CT molecular complexity index is 1110. The number of hydrogen-bond acceptors (Lipinski definition) is 6. The fourth-order valence-electron chi connectivity index (χ4n) is 3.74. The Morgan fingerprint density at radius 1 is 1.37 bits per heavy atom. The van der Waals surface area contributed by atoms with Gasteiger partial charge in [0, 0.05) is 22.5 Å². The van der Waals surface area contributed by atoms with Crippen molar-refractivity contribution in [3.05, 3.63) is 46.9 Å². The maximum atomic E-state index is 13.3. The lowest BCUT2D eigenvalue weighted by Gasteiger charge is -2.22. The summed E-state index contributed by atoms with van der Waals surface area (Å²) in [5, 5.41) is 10.9. The predicted molar refractivity (Wildman–Crippen MR) is 118 cm³/mol. The number of fused-ring (bicyclic) bond motifs is 3. The number of carbonyl (C=O) groups is 1. The number of halogens is 1. The normalized spacial score (nSPS) is 15.6. The molecule has 8 heteroatoms. The Morgan fingerprint density at radius 2 is 2.17 bits per heavy atom. The van der Waals surface area contributed by atoms with Crippen LogP contribution in [0.2, 0.25) is 0 Å². The second kappa shape index (κ2) is 9.11. The van der Waals surface area contributed by atoms with E-state index in [1.807, 2.05) is 0 Å². The van der Waals surface area contributed by atoms with E-state index >= 15 is 0 Å². The number of nitrogens with zero attached hydrogens (tertiary/aromatic N) is 4. The van der Waals surface area contributed by atoms with Crippen LogP contribution in [0.3, 0.4) is 0 Å². The number of amides is 1. The van der Waals surface area contributed by atoms with Crippen LogP contribution in [-0.4, -0.2) is 28.2 Å². The van der Waals surface area contributed by atoms with E-state index in [0.717, 1.165) is 34.5 Å². The number of benzene rings is 1. The van der Waals surface area contributed by atoms with E-state index in [2.05, 4.69) is 23.0 Å². The molecule has 0 saturated heterocycles. The number of rotatable bonds is 6. The highest BCUT2D eigenvalue weighted by molar-refractivity contribution is 8.00. The zero-order valence-corrected chi connectivity index (χ0v) is 18.2. The highest BCUT2D eigenvalue weighted by atomic mass is 32.2. The van der Waals surface area contributed by atoms with E-state index in [1.165, 1.54) is 34.3 Å². The summed E-state index contributed by atoms with van der Waals surface area (Å²) in [5.74, 6) is 0.378. The van der Waals surface area contributed by atoms with Gasteiger partial charge in [-0.2, -0.15) is 5.26 Å². The van der Waals surface area contributed by atoms with Gasteiger partial charge in [-0.3, -0.25) is 4.79 Å². The molecule has 1 aliphatic carbocycles. The van der Waals surface area contributed by atoms with Gasteiger partial charge < -0.3 is 4.90 Å². The van der Waals surface area contributed by atoms with Crippen LogP contribution < -0.4 is 4.90 Å². The summed E-state index contributed by atoms with van der Waals surface area (Å²) in [6.45, 7) is 2.55. The molecule has 0 aliphatic heterocycles. The molecule has 0 unspecified atom stereocenters. The molecule has 2 heterocycles. The van der Waals surface area contributed by atoms with Crippen molar-refractivity contribution < 1.29 is 9.18 Å². The van der Waals surface area contributed by atoms with Crippen LogP contribution in [0.1, 0.15) is 30.2 Å². The molecule has 3 aromatic rings. The molecule has 1 amide bonds. The van der Waals surface area contributed by atoms with Gasteiger partial charge in [-0.05, 0) is 55.0 Å². The number of thioether (sulfide) groups is 1. The van der Waals surface area contributed by atoms with E-state index in [4.69, 9.17) is 5.26 Å². The van der Waals surface area contributed by atoms with Gasteiger partial charge in [0.25, 0.3) is 0 Å². The minimum atomic E-state index is -0.360. The summed E-state index contributed by atoms with van der Waals surface area (Å²) in [7, 11) is 0. The van der Waals surface area contributed by atoms with Gasteiger partial charge in [0.2, 0.25) is 5.91 Å². The Hall–Kier alpha value is -2.50. The first-order valence-electron chi connectivity index (χ1n) is 9.87. The standard InChI is InChI=1S/C22H21FN4OS2/c1-14-3-8-17-18(11-14)30-22-20(17)21(25-13-26-22)29-12-19(28)27(10-2-9-24)16-6-4-15(23)5-7-16/h4-7,13-14H,2-3,8,10-12H2,1H3/t14-/m1/s1. The Balaban J connectivity index is 1.55. The third-order valence-corrected chi connectivity index (χ3v) is 7.41. The first-order valence-corrected chi connectivity index (χ1v) is 11.7. The molecule has 2 aromatic heterocycles. The number of carbonyl (C=O) groups excluding carboxylic acids is 1. The van der Waals surface area contributed by atoms with E-state index in [-0.39, 0.29) is 30.4 Å². The maximum absolute atomic E-state index is 13.3. The van der Waals surface area contributed by atoms with Crippen molar-refractivity contribution in [1.82, 2.24) is 9.97 Å². The maximum Gasteiger partial charge on any atom is 0.237 e. The zero-order valence-electron chi connectivity index (χ0n) is 16.6. The van der Waals surface area contributed by atoms with Crippen LogP contribution in [0.15, 0.2) is 35.6 Å². The SMILES string of the molecule is C[C@@H]1CCc2c(sc3ncnc(SCC(=O)N(CCC#N)c4ccc(F)cc4)c23)C1. The lowest BCUT2D eigenvalue weighted by atomic mass is 9.89. The topological polar surface area (TPSA) is 69.9 Å². The summed E-state index contributed by atoms with van der Waals surface area (Å²) < 4.78 is 13.3. The molecule has 154 valence electrons. The molecule has 0 radical (unpaired) electrons. The van der Waals surface area contributed by atoms with E-state index in [0.29, 0.717) is 11.6 Å². The average Bonchev–Trinajstić information content (AvgIpc) is 3.11. The second-order valence-corrected chi connectivity index (χ2v) is 9.48. The highest BCUT2D eigenvalue weighted by Gasteiger charge is 2.24. The first-order chi connectivity index (χ1) is 14.6. The Kier molecular flexibility index (Phi) is 6.30. The molecule has 0 fully saturated rings. The third kappa shape index (κ3) is 4.32. The van der Waals surface area contributed by atoms with Gasteiger partial charge in [0.1, 0.15) is 22.0 Å². The molecule has 5 nitrogen and oxygen atoms in total. The molecule has 0 N–H and O–H groups in total. The molecule has 4 rings (SSSR count).